The molecule has 1 amide bonds. The number of nitrogens with one attached hydrogen (secondary N) is 2. The molecule has 0 fully saturated rings. The fourth-order valence-electron chi connectivity index (χ4n) is 1.41. The molecular formula is C12H15F3N2O3. The number of aromatic hydroxyl groups is 1. The van der Waals surface area contributed by atoms with Crippen LogP contribution < -0.4 is 10.6 Å². The average molecular weight is 292 g/mol. The topological polar surface area (TPSA) is 70.6 Å². The van der Waals surface area contributed by atoms with Crippen molar-refractivity contribution in [3.05, 3.63) is 29.1 Å². The number of carbonyl (C=O) groups is 1. The summed E-state index contributed by atoms with van der Waals surface area (Å²) in [6.07, 6.45) is 0. The molecule has 0 aliphatic carbocycles. The third kappa shape index (κ3) is 4.10. The molecule has 0 aliphatic heterocycles. The second kappa shape index (κ2) is 7.71. The van der Waals surface area contributed by atoms with Crippen molar-refractivity contribution in [1.82, 2.24) is 10.6 Å². The number of amides is 1. The van der Waals surface area contributed by atoms with Crippen LogP contribution >= 0.6 is 0 Å². The van der Waals surface area contributed by atoms with Crippen LogP contribution in [0.15, 0.2) is 6.07 Å². The molecule has 1 rings (SSSR count). The lowest BCUT2D eigenvalue weighted by atomic mass is 10.1. The number of ether oxygens (including phenoxy) is 1. The third-order valence-electron chi connectivity index (χ3n) is 2.45. The van der Waals surface area contributed by atoms with E-state index in [2.05, 4.69) is 10.6 Å². The van der Waals surface area contributed by atoms with Gasteiger partial charge < -0.3 is 20.5 Å². The lowest BCUT2D eigenvalue weighted by Gasteiger charge is -2.08. The summed E-state index contributed by atoms with van der Waals surface area (Å²) in [6, 6.07) is 0.401. The van der Waals surface area contributed by atoms with Gasteiger partial charge >= 0.3 is 0 Å². The van der Waals surface area contributed by atoms with E-state index in [1.807, 2.05) is 0 Å². The summed E-state index contributed by atoms with van der Waals surface area (Å²) < 4.78 is 44.0. The van der Waals surface area contributed by atoms with Crippen molar-refractivity contribution in [3.8, 4) is 5.75 Å². The second-order valence-electron chi connectivity index (χ2n) is 3.88. The van der Waals surface area contributed by atoms with Crippen LogP contribution in [0.5, 0.6) is 5.75 Å². The molecule has 0 saturated heterocycles. The first-order valence-corrected chi connectivity index (χ1v) is 5.83. The summed E-state index contributed by atoms with van der Waals surface area (Å²) >= 11 is 0. The first-order chi connectivity index (χ1) is 9.49. The Morgan fingerprint density at radius 2 is 1.95 bits per heavy atom. The smallest absolute Gasteiger partial charge is 0.254 e. The van der Waals surface area contributed by atoms with E-state index in [0.717, 1.165) is 0 Å². The molecule has 0 bridgehead atoms. The molecule has 3 N–H and O–H groups in total. The molecular weight excluding hydrogens is 277 g/mol. The largest absolute Gasteiger partial charge is 0.503 e. The monoisotopic (exact) mass is 292 g/mol. The standard InChI is InChI=1S/C12H15F3N2O3/c1-20-5-4-16-2-3-17-12(19)7-6-8(13)10(15)11(18)9(7)14/h6,16,18H,2-5H2,1H3,(H,17,19). The molecule has 0 spiro atoms. The number of phenolic OH excluding ortho intramolecular Hbond substituents is 1. The molecule has 0 saturated carbocycles. The summed E-state index contributed by atoms with van der Waals surface area (Å²) in [5.74, 6) is -7.15. The quantitative estimate of drug-likeness (QED) is 0.513. The van der Waals surface area contributed by atoms with Crippen LogP contribution in [-0.4, -0.2) is 44.4 Å². The van der Waals surface area contributed by atoms with Crippen LogP contribution in [0, 0.1) is 17.5 Å². The van der Waals surface area contributed by atoms with Crippen molar-refractivity contribution in [1.29, 1.82) is 0 Å². The number of phenols is 1. The highest BCUT2D eigenvalue weighted by Gasteiger charge is 2.22. The Bertz CT molecular complexity index is 484. The van der Waals surface area contributed by atoms with Gasteiger partial charge in [0.25, 0.3) is 5.91 Å². The van der Waals surface area contributed by atoms with Crippen LogP contribution in [0.4, 0.5) is 13.2 Å². The summed E-state index contributed by atoms with van der Waals surface area (Å²) in [5, 5.41) is 14.2. The number of hydrogen-bond donors (Lipinski definition) is 3. The summed E-state index contributed by atoms with van der Waals surface area (Å²) in [4.78, 5) is 11.6. The number of benzene rings is 1. The summed E-state index contributed by atoms with van der Waals surface area (Å²) in [5.41, 5.74) is -0.752. The van der Waals surface area contributed by atoms with Gasteiger partial charge in [0.05, 0.1) is 12.2 Å². The lowest BCUT2D eigenvalue weighted by molar-refractivity contribution is 0.0948. The van der Waals surface area contributed by atoms with Gasteiger partial charge in [0.1, 0.15) is 0 Å². The van der Waals surface area contributed by atoms with Crippen molar-refractivity contribution in [2.24, 2.45) is 0 Å². The minimum atomic E-state index is -1.72. The van der Waals surface area contributed by atoms with Gasteiger partial charge in [-0.1, -0.05) is 0 Å². The zero-order chi connectivity index (χ0) is 15.1. The van der Waals surface area contributed by atoms with Crippen molar-refractivity contribution >= 4 is 5.91 Å². The Kier molecular flexibility index (Phi) is 6.26. The van der Waals surface area contributed by atoms with Gasteiger partial charge in [-0.15, -0.1) is 0 Å². The van der Waals surface area contributed by atoms with E-state index < -0.39 is 34.7 Å². The zero-order valence-corrected chi connectivity index (χ0v) is 10.8. The summed E-state index contributed by atoms with van der Waals surface area (Å²) in [6.45, 7) is 1.63. The van der Waals surface area contributed by atoms with Crippen LogP contribution in [0.25, 0.3) is 0 Å². The SMILES string of the molecule is COCCNCCNC(=O)c1cc(F)c(F)c(O)c1F. The Labute approximate surface area is 113 Å². The van der Waals surface area contributed by atoms with E-state index in [-0.39, 0.29) is 6.54 Å². The predicted octanol–water partition coefficient (Wildman–Crippen LogP) is 0.775. The first-order valence-electron chi connectivity index (χ1n) is 5.83. The number of methoxy groups -OCH3 is 1. The summed E-state index contributed by atoms with van der Waals surface area (Å²) in [7, 11) is 1.54. The van der Waals surface area contributed by atoms with Gasteiger partial charge in [0, 0.05) is 26.7 Å². The van der Waals surface area contributed by atoms with Gasteiger partial charge in [-0.2, -0.15) is 4.39 Å². The Hall–Kier alpha value is -1.80. The Balaban J connectivity index is 2.56. The number of hydrogen-bond acceptors (Lipinski definition) is 4. The highest BCUT2D eigenvalue weighted by Crippen LogP contribution is 2.25. The van der Waals surface area contributed by atoms with E-state index in [0.29, 0.717) is 25.8 Å². The molecule has 0 radical (unpaired) electrons. The number of halogens is 3. The molecule has 0 heterocycles. The maximum atomic E-state index is 13.4. The van der Waals surface area contributed by atoms with Crippen molar-refractivity contribution in [2.45, 2.75) is 0 Å². The minimum absolute atomic E-state index is 0.155. The van der Waals surface area contributed by atoms with Gasteiger partial charge in [-0.05, 0) is 6.07 Å². The van der Waals surface area contributed by atoms with Crippen molar-refractivity contribution in [2.75, 3.05) is 33.4 Å². The van der Waals surface area contributed by atoms with Crippen molar-refractivity contribution < 1.29 is 27.8 Å². The molecule has 1 aromatic rings. The van der Waals surface area contributed by atoms with Gasteiger partial charge in [-0.25, -0.2) is 8.78 Å². The van der Waals surface area contributed by atoms with Gasteiger partial charge in [0.15, 0.2) is 17.4 Å². The van der Waals surface area contributed by atoms with Crippen LogP contribution in [0.1, 0.15) is 10.4 Å². The molecule has 8 heteroatoms. The van der Waals surface area contributed by atoms with Crippen LogP contribution in [-0.2, 0) is 4.74 Å². The van der Waals surface area contributed by atoms with E-state index >= 15 is 0 Å². The first kappa shape index (κ1) is 16.3. The highest BCUT2D eigenvalue weighted by atomic mass is 19.2. The van der Waals surface area contributed by atoms with E-state index in [1.165, 1.54) is 0 Å². The molecule has 0 atom stereocenters. The molecule has 0 aromatic heterocycles. The zero-order valence-electron chi connectivity index (χ0n) is 10.8. The van der Waals surface area contributed by atoms with Crippen molar-refractivity contribution in [3.63, 3.8) is 0 Å². The molecule has 112 valence electrons. The molecule has 0 unspecified atom stereocenters. The van der Waals surface area contributed by atoms with Crippen LogP contribution in [0.3, 0.4) is 0 Å². The van der Waals surface area contributed by atoms with Crippen LogP contribution in [0.2, 0.25) is 0 Å². The number of carbonyl (C=O) groups excluding carboxylic acids is 1. The Morgan fingerprint density at radius 3 is 2.60 bits per heavy atom. The minimum Gasteiger partial charge on any atom is -0.503 e. The molecule has 0 aliphatic rings. The number of rotatable bonds is 7. The fraction of sp³-hybridized carbons (Fsp3) is 0.417. The third-order valence-corrected chi connectivity index (χ3v) is 2.45. The van der Waals surface area contributed by atoms with E-state index in [1.54, 1.807) is 7.11 Å². The fourth-order valence-corrected chi connectivity index (χ4v) is 1.41. The molecule has 5 nitrogen and oxygen atoms in total. The normalized spacial score (nSPS) is 10.6. The second-order valence-corrected chi connectivity index (χ2v) is 3.88. The highest BCUT2D eigenvalue weighted by molar-refractivity contribution is 5.94. The van der Waals surface area contributed by atoms with E-state index in [9.17, 15) is 18.0 Å². The van der Waals surface area contributed by atoms with Gasteiger partial charge in [0.2, 0.25) is 5.82 Å². The maximum Gasteiger partial charge on any atom is 0.254 e. The van der Waals surface area contributed by atoms with Gasteiger partial charge in [-0.3, -0.25) is 4.79 Å². The molecule has 20 heavy (non-hydrogen) atoms. The lowest BCUT2D eigenvalue weighted by Crippen LogP contribution is -2.33. The van der Waals surface area contributed by atoms with E-state index in [4.69, 9.17) is 9.84 Å². The maximum absolute atomic E-state index is 13.4. The average Bonchev–Trinajstić information content (AvgIpc) is 2.44. The predicted molar refractivity (Wildman–Crippen MR) is 65.1 cm³/mol. The molecule has 1 aromatic carbocycles. The Morgan fingerprint density at radius 1 is 1.25 bits per heavy atom.